The molecule has 0 atom stereocenters. The zero-order valence-electron chi connectivity index (χ0n) is 25.5. The van der Waals surface area contributed by atoms with Crippen LogP contribution in [0, 0.1) is 10.1 Å². The van der Waals surface area contributed by atoms with Crippen molar-refractivity contribution >= 4 is 15.8 Å². The molecule has 0 spiro atoms. The van der Waals surface area contributed by atoms with Crippen molar-refractivity contribution in [2.24, 2.45) is 0 Å². The Labute approximate surface area is 249 Å². The van der Waals surface area contributed by atoms with E-state index in [0.717, 1.165) is 18.2 Å². The lowest BCUT2D eigenvalue weighted by Gasteiger charge is -2.08. The summed E-state index contributed by atoms with van der Waals surface area (Å²) >= 11 is 0. The monoisotopic (exact) mass is 590 g/mol. The molecule has 0 aromatic heterocycles. The van der Waals surface area contributed by atoms with Crippen LogP contribution in [-0.2, 0) is 16.5 Å². The molecule has 0 bridgehead atoms. The molecule has 2 aromatic rings. The number of nitro benzene ring substituents is 1. The van der Waals surface area contributed by atoms with Gasteiger partial charge in [0.1, 0.15) is 4.90 Å². The highest BCUT2D eigenvalue weighted by Crippen LogP contribution is 2.17. The summed E-state index contributed by atoms with van der Waals surface area (Å²) in [6.07, 6.45) is 25.8. The number of hydrogen-bond acceptors (Lipinski definition) is 5. The molecular formula is C33H54N2O5S. The van der Waals surface area contributed by atoms with Crippen molar-refractivity contribution in [2.75, 3.05) is 20.6 Å². The Morgan fingerprint density at radius 1 is 0.659 bits per heavy atom. The van der Waals surface area contributed by atoms with Gasteiger partial charge in [-0.25, -0.2) is 0 Å². The quantitative estimate of drug-likeness (QED) is 0.0635. The molecule has 0 aliphatic heterocycles. The zero-order valence-corrected chi connectivity index (χ0v) is 26.3. The molecule has 2 rings (SSSR count). The van der Waals surface area contributed by atoms with E-state index < -0.39 is 19.9 Å². The van der Waals surface area contributed by atoms with Crippen molar-refractivity contribution in [2.45, 2.75) is 120 Å². The summed E-state index contributed by atoms with van der Waals surface area (Å²) < 4.78 is 29.6. The number of benzene rings is 2. The number of nitro groups is 1. The Balaban J connectivity index is 0.000000537. The molecule has 0 amide bonds. The zero-order chi connectivity index (χ0) is 30.2. The average molecular weight is 591 g/mol. The van der Waals surface area contributed by atoms with Crippen LogP contribution < -0.4 is 0 Å². The first kappa shape index (κ1) is 36.7. The van der Waals surface area contributed by atoms with E-state index in [1.807, 2.05) is 0 Å². The van der Waals surface area contributed by atoms with Crippen molar-refractivity contribution in [1.29, 1.82) is 0 Å². The molecule has 7 nitrogen and oxygen atoms in total. The van der Waals surface area contributed by atoms with Gasteiger partial charge in [-0.05, 0) is 51.5 Å². The number of non-ortho nitro benzene ring substituents is 1. The minimum absolute atomic E-state index is 0.380. The van der Waals surface area contributed by atoms with Crippen molar-refractivity contribution in [1.82, 2.24) is 4.90 Å². The fourth-order valence-corrected chi connectivity index (χ4v) is 5.33. The minimum Gasteiger partial charge on any atom is -0.309 e. The first-order valence-corrected chi connectivity index (χ1v) is 17.0. The van der Waals surface area contributed by atoms with Crippen molar-refractivity contribution < 1.29 is 17.9 Å². The van der Waals surface area contributed by atoms with E-state index in [9.17, 15) is 18.5 Å². The second-order valence-electron chi connectivity index (χ2n) is 11.3. The van der Waals surface area contributed by atoms with E-state index in [1.165, 1.54) is 134 Å². The lowest BCUT2D eigenvalue weighted by Crippen LogP contribution is -2.12. The Morgan fingerprint density at radius 3 is 1.51 bits per heavy atom. The molecule has 0 saturated carbocycles. The SMILES string of the molecule is CN(C)CCCCCCCCCCCCCCCCCCCc1ccccc1.O=[N+]([O-])c1cccc(S(=O)(=O)O)c1. The third-order valence-corrected chi connectivity index (χ3v) is 8.09. The fraction of sp³-hybridized carbons (Fsp3) is 0.636. The molecule has 0 aliphatic rings. The average Bonchev–Trinajstić information content (AvgIpc) is 2.94. The van der Waals surface area contributed by atoms with Crippen LogP contribution in [-0.4, -0.2) is 43.4 Å². The van der Waals surface area contributed by atoms with Crippen LogP contribution in [0.5, 0.6) is 0 Å². The molecular weight excluding hydrogens is 536 g/mol. The molecule has 2 aromatic carbocycles. The maximum absolute atomic E-state index is 10.5. The first-order chi connectivity index (χ1) is 19.7. The molecule has 0 radical (unpaired) electrons. The van der Waals surface area contributed by atoms with Crippen LogP contribution in [0.4, 0.5) is 5.69 Å². The number of hydrogen-bond donors (Lipinski definition) is 1. The van der Waals surface area contributed by atoms with E-state index in [-0.39, 0.29) is 5.69 Å². The van der Waals surface area contributed by atoms with Gasteiger partial charge < -0.3 is 4.90 Å². The predicted octanol–water partition coefficient (Wildman–Crippen LogP) is 9.26. The van der Waals surface area contributed by atoms with E-state index in [0.29, 0.717) is 0 Å². The van der Waals surface area contributed by atoms with Crippen molar-refractivity contribution in [3.8, 4) is 0 Å². The van der Waals surface area contributed by atoms with Crippen molar-refractivity contribution in [3.63, 3.8) is 0 Å². The van der Waals surface area contributed by atoms with Gasteiger partial charge in [0, 0.05) is 12.1 Å². The topological polar surface area (TPSA) is 101 Å². The van der Waals surface area contributed by atoms with Gasteiger partial charge in [-0.3, -0.25) is 14.7 Å². The number of nitrogens with zero attached hydrogens (tertiary/aromatic N) is 2. The fourth-order valence-electron chi connectivity index (χ4n) is 4.81. The lowest BCUT2D eigenvalue weighted by molar-refractivity contribution is -0.385. The van der Waals surface area contributed by atoms with Gasteiger partial charge in [-0.1, -0.05) is 133 Å². The molecule has 0 fully saturated rings. The van der Waals surface area contributed by atoms with Gasteiger partial charge in [-0.15, -0.1) is 0 Å². The highest BCUT2D eigenvalue weighted by Gasteiger charge is 2.13. The van der Waals surface area contributed by atoms with E-state index >= 15 is 0 Å². The Hall–Kier alpha value is -2.29. The minimum atomic E-state index is -4.36. The third kappa shape index (κ3) is 21.1. The summed E-state index contributed by atoms with van der Waals surface area (Å²) in [5.74, 6) is 0. The van der Waals surface area contributed by atoms with Crippen LogP contribution in [0.2, 0.25) is 0 Å². The summed E-state index contributed by atoms with van der Waals surface area (Å²) in [4.78, 5) is 11.3. The maximum Gasteiger partial charge on any atom is 0.294 e. The summed E-state index contributed by atoms with van der Waals surface area (Å²) in [6, 6.07) is 15.1. The van der Waals surface area contributed by atoms with E-state index in [2.05, 4.69) is 49.3 Å². The van der Waals surface area contributed by atoms with Gasteiger partial charge in [0.05, 0.1) is 4.92 Å². The van der Waals surface area contributed by atoms with Crippen LogP contribution in [0.1, 0.15) is 115 Å². The number of aryl methyl sites for hydroxylation is 1. The van der Waals surface area contributed by atoms with Crippen molar-refractivity contribution in [3.05, 3.63) is 70.3 Å². The van der Waals surface area contributed by atoms with Gasteiger partial charge in [0.25, 0.3) is 15.8 Å². The maximum atomic E-state index is 10.5. The standard InChI is InChI=1S/C27H49N.C6H5NO5S/c1-28(2)26-22-17-15-13-11-9-7-5-3-4-6-8-10-12-14-16-19-23-27-24-20-18-21-25-27;8-7(9)5-2-1-3-6(4-5)13(10,11)12/h18,20-21,24-25H,3-17,19,22-23,26H2,1-2H3;1-4H,(H,10,11,12). The molecule has 8 heteroatoms. The highest BCUT2D eigenvalue weighted by molar-refractivity contribution is 7.85. The number of unbranched alkanes of at least 4 members (excludes halogenated alkanes) is 16. The predicted molar refractivity (Wildman–Crippen MR) is 170 cm³/mol. The van der Waals surface area contributed by atoms with Gasteiger partial charge in [-0.2, -0.15) is 8.42 Å². The van der Waals surface area contributed by atoms with E-state index in [1.54, 1.807) is 0 Å². The van der Waals surface area contributed by atoms with Gasteiger partial charge >= 0.3 is 0 Å². The summed E-state index contributed by atoms with van der Waals surface area (Å²) in [5, 5.41) is 10.2. The second kappa shape index (κ2) is 23.3. The summed E-state index contributed by atoms with van der Waals surface area (Å²) in [5.41, 5.74) is 1.12. The second-order valence-corrected chi connectivity index (χ2v) is 12.7. The molecule has 0 heterocycles. The normalized spacial score (nSPS) is 11.3. The highest BCUT2D eigenvalue weighted by atomic mass is 32.2. The van der Waals surface area contributed by atoms with Crippen LogP contribution in [0.3, 0.4) is 0 Å². The largest absolute Gasteiger partial charge is 0.309 e. The molecule has 0 unspecified atom stereocenters. The Morgan fingerprint density at radius 2 is 1.10 bits per heavy atom. The number of rotatable bonds is 22. The third-order valence-electron chi connectivity index (χ3n) is 7.24. The van der Waals surface area contributed by atoms with Gasteiger partial charge in [0.15, 0.2) is 0 Å². The Kier molecular flexibility index (Phi) is 20.9. The van der Waals surface area contributed by atoms with Crippen LogP contribution in [0.15, 0.2) is 59.5 Å². The lowest BCUT2D eigenvalue weighted by atomic mass is 10.0. The van der Waals surface area contributed by atoms with Gasteiger partial charge in [0.2, 0.25) is 0 Å². The van der Waals surface area contributed by atoms with E-state index in [4.69, 9.17) is 4.55 Å². The summed E-state index contributed by atoms with van der Waals surface area (Å²) in [6.45, 7) is 1.26. The smallest absolute Gasteiger partial charge is 0.294 e. The summed E-state index contributed by atoms with van der Waals surface area (Å²) in [7, 11) is -0.0135. The molecule has 1 N–H and O–H groups in total. The molecule has 41 heavy (non-hydrogen) atoms. The Bertz CT molecular complexity index is 1030. The van der Waals surface area contributed by atoms with Crippen LogP contribution >= 0.6 is 0 Å². The first-order valence-electron chi connectivity index (χ1n) is 15.6. The van der Waals surface area contributed by atoms with Crippen LogP contribution in [0.25, 0.3) is 0 Å². The molecule has 0 saturated heterocycles. The molecule has 232 valence electrons. The molecule has 0 aliphatic carbocycles.